The lowest BCUT2D eigenvalue weighted by Gasteiger charge is -2.71. The topological polar surface area (TPSA) is 295 Å². The Morgan fingerprint density at radius 1 is 0.682 bits per heavy atom. The maximum Gasteiger partial charge on any atom is 0.315 e. The second kappa shape index (κ2) is 18.0. The third kappa shape index (κ3) is 7.87. The lowest BCUT2D eigenvalue weighted by molar-refractivity contribution is -0.361. The molecule has 18 heteroatoms. The van der Waals surface area contributed by atoms with Crippen LogP contribution in [0.1, 0.15) is 113 Å². The van der Waals surface area contributed by atoms with E-state index < -0.39 is 122 Å². The van der Waals surface area contributed by atoms with Crippen LogP contribution >= 0.6 is 0 Å². The van der Waals surface area contributed by atoms with Gasteiger partial charge >= 0.3 is 5.97 Å². The fourth-order valence-electron chi connectivity index (χ4n) is 14.8. The summed E-state index contributed by atoms with van der Waals surface area (Å²) in [6.07, 6.45) is -15.0. The van der Waals surface area contributed by atoms with Gasteiger partial charge in [0.05, 0.1) is 30.8 Å². The summed E-state index contributed by atoms with van der Waals surface area (Å²) in [7, 11) is 0. The number of ether oxygens (including phenoxy) is 6. The molecule has 0 aromatic heterocycles. The van der Waals surface area contributed by atoms with Crippen LogP contribution in [-0.2, 0) is 33.2 Å². The summed E-state index contributed by atoms with van der Waals surface area (Å²) < 4.78 is 34.7. The summed E-state index contributed by atoms with van der Waals surface area (Å²) in [5.41, 5.74) is -0.853. The predicted octanol–water partition coefficient (Wildman–Crippen LogP) is 0.141. The minimum Gasteiger partial charge on any atom is -0.432 e. The van der Waals surface area contributed by atoms with Gasteiger partial charge in [0.2, 0.25) is 6.29 Å². The molecule has 378 valence electrons. The van der Waals surface area contributed by atoms with Gasteiger partial charge in [-0.05, 0) is 116 Å². The number of carbonyl (C=O) groups excluding carboxylic acids is 1. The Bertz CT molecular complexity index is 1800. The van der Waals surface area contributed by atoms with Gasteiger partial charge in [0, 0.05) is 6.61 Å². The van der Waals surface area contributed by atoms with Gasteiger partial charge in [-0.3, -0.25) is 4.79 Å². The van der Waals surface area contributed by atoms with E-state index in [1.165, 1.54) is 12.5 Å². The Kier molecular flexibility index (Phi) is 13.9. The van der Waals surface area contributed by atoms with Crippen molar-refractivity contribution in [3.63, 3.8) is 0 Å². The van der Waals surface area contributed by atoms with E-state index >= 15 is 0 Å². The van der Waals surface area contributed by atoms with Gasteiger partial charge in [-0.15, -0.1) is 0 Å². The number of esters is 1. The van der Waals surface area contributed by atoms with Crippen molar-refractivity contribution in [1.29, 1.82) is 0 Å². The van der Waals surface area contributed by atoms with E-state index in [1.807, 2.05) is 0 Å². The Labute approximate surface area is 387 Å². The number of rotatable bonds is 9. The first-order chi connectivity index (χ1) is 30.8. The van der Waals surface area contributed by atoms with Crippen molar-refractivity contribution in [3.05, 3.63) is 11.6 Å². The van der Waals surface area contributed by atoms with E-state index in [-0.39, 0.29) is 40.3 Å². The molecule has 0 spiro atoms. The second-order valence-electron chi connectivity index (χ2n) is 23.3. The summed E-state index contributed by atoms with van der Waals surface area (Å²) in [6, 6.07) is 0. The zero-order valence-electron chi connectivity index (χ0n) is 39.5. The van der Waals surface area contributed by atoms with Crippen LogP contribution in [0.3, 0.4) is 0 Å². The van der Waals surface area contributed by atoms with Gasteiger partial charge in [0.25, 0.3) is 0 Å². The normalized spacial score (nSPS) is 54.8. The minimum atomic E-state index is -1.86. The number of aliphatic hydroxyl groups is 11. The van der Waals surface area contributed by atoms with Gasteiger partial charge in [0.1, 0.15) is 67.1 Å². The van der Waals surface area contributed by atoms with Crippen LogP contribution in [0, 0.1) is 50.2 Å². The molecule has 0 bridgehead atoms. The molecule has 24 atom stereocenters. The van der Waals surface area contributed by atoms with Crippen LogP contribution in [0.25, 0.3) is 0 Å². The Hall–Kier alpha value is -1.43. The molecule has 5 aliphatic carbocycles. The molecule has 3 aliphatic heterocycles. The zero-order chi connectivity index (χ0) is 48.3. The molecule has 4 saturated carbocycles. The van der Waals surface area contributed by atoms with Crippen molar-refractivity contribution in [2.75, 3.05) is 19.8 Å². The number of hydrogen-bond donors (Lipinski definition) is 11. The standard InChI is InChI=1S/C48H78O18/c1-22-30(52)32(54)35(57)40(62-22)65-38-25(19-49)63-39(37(59)34(38)56)61-20-26-31(53)33(55)36(58)41(64-26)66-42(60)48-16-14-44(4,21-50)18-24(48)23-8-9-28-45(5)12-11-29(51)43(2,3)27(45)10-13-47(28,7)46(23,6)15-17-48/h8,22,24-41,49-59H,9-21H2,1-7H3/t22-,24-,25+,26+,27-,28+,29+,30-,31+,32+,33-,34+,35+,36+,37+,38+,39+,40-,41-,44+,45-,46+,47+,48-/m0/s1. The van der Waals surface area contributed by atoms with Crippen molar-refractivity contribution in [3.8, 4) is 0 Å². The van der Waals surface area contributed by atoms with E-state index in [0.717, 1.165) is 32.1 Å². The van der Waals surface area contributed by atoms with Gasteiger partial charge in [-0.25, -0.2) is 0 Å². The van der Waals surface area contributed by atoms with Gasteiger partial charge in [0.15, 0.2) is 12.6 Å². The SMILES string of the molecule is C[C@@H]1O[C@@H](O[C@H]2[C@H](O)[C@@H](O)[C@H](OC[C@H]3O[C@@H](OC(=O)[C@]45CC[C@@](C)(CO)C[C@H]4C4=CC[C@@H]6[C@@]7(C)CC[C@@H](O)C(C)(C)[C@@H]7CC[C@@]6(C)[C@]4(C)CC5)[C@H](O)[C@@H](O)[C@@H]3O)O[C@@H]2CO)[C@H](O)[C@H](O)[C@H]1O. The smallest absolute Gasteiger partial charge is 0.315 e. The van der Waals surface area contributed by atoms with E-state index in [0.29, 0.717) is 43.9 Å². The van der Waals surface area contributed by atoms with Crippen molar-refractivity contribution in [2.45, 2.75) is 211 Å². The van der Waals surface area contributed by atoms with Crippen LogP contribution in [-0.4, -0.2) is 180 Å². The summed E-state index contributed by atoms with van der Waals surface area (Å²) in [4.78, 5) is 15.0. The molecule has 0 radical (unpaired) electrons. The maximum atomic E-state index is 15.0. The Morgan fingerprint density at radius 2 is 1.32 bits per heavy atom. The zero-order valence-corrected chi connectivity index (χ0v) is 39.5. The first-order valence-electron chi connectivity index (χ1n) is 24.3. The number of aliphatic hydroxyl groups excluding tert-OH is 11. The fourth-order valence-corrected chi connectivity index (χ4v) is 14.8. The minimum absolute atomic E-state index is 0.0174. The summed E-state index contributed by atoms with van der Waals surface area (Å²) in [5.74, 6) is -0.174. The first kappa shape index (κ1) is 50.9. The lowest BCUT2D eigenvalue weighted by atomic mass is 9.33. The van der Waals surface area contributed by atoms with Crippen LogP contribution in [0.15, 0.2) is 11.6 Å². The molecular weight excluding hydrogens is 865 g/mol. The highest BCUT2D eigenvalue weighted by molar-refractivity contribution is 5.79. The maximum absolute atomic E-state index is 15.0. The fraction of sp³-hybridized carbons (Fsp3) is 0.938. The van der Waals surface area contributed by atoms with E-state index in [2.05, 4.69) is 47.6 Å². The summed E-state index contributed by atoms with van der Waals surface area (Å²) in [6.45, 7) is 13.7. The van der Waals surface area contributed by atoms with Crippen molar-refractivity contribution in [2.24, 2.45) is 50.2 Å². The molecule has 8 aliphatic rings. The monoisotopic (exact) mass is 943 g/mol. The highest BCUT2D eigenvalue weighted by Crippen LogP contribution is 2.76. The second-order valence-corrected chi connectivity index (χ2v) is 23.3. The van der Waals surface area contributed by atoms with Crippen molar-refractivity contribution < 1.29 is 89.4 Å². The number of fused-ring (bicyclic) bond motifs is 7. The molecule has 0 aromatic rings. The van der Waals surface area contributed by atoms with E-state index in [1.54, 1.807) is 0 Å². The molecule has 0 aromatic carbocycles. The molecule has 18 nitrogen and oxygen atoms in total. The van der Waals surface area contributed by atoms with Crippen molar-refractivity contribution in [1.82, 2.24) is 0 Å². The quantitative estimate of drug-likeness (QED) is 0.108. The largest absolute Gasteiger partial charge is 0.432 e. The lowest BCUT2D eigenvalue weighted by Crippen LogP contribution is -2.65. The molecular formula is C48H78O18. The molecule has 0 unspecified atom stereocenters. The van der Waals surface area contributed by atoms with Gasteiger partial charge < -0.3 is 84.6 Å². The number of hydrogen-bond acceptors (Lipinski definition) is 18. The third-order valence-electron chi connectivity index (χ3n) is 19.5. The van der Waals surface area contributed by atoms with Crippen LogP contribution in [0.4, 0.5) is 0 Å². The summed E-state index contributed by atoms with van der Waals surface area (Å²) in [5, 5.41) is 118. The van der Waals surface area contributed by atoms with Crippen LogP contribution < -0.4 is 0 Å². The summed E-state index contributed by atoms with van der Waals surface area (Å²) >= 11 is 0. The average Bonchev–Trinajstić information content (AvgIpc) is 3.28. The van der Waals surface area contributed by atoms with Crippen molar-refractivity contribution >= 4 is 5.97 Å². The van der Waals surface area contributed by atoms with Crippen LogP contribution in [0.5, 0.6) is 0 Å². The molecule has 0 amide bonds. The average molecular weight is 943 g/mol. The highest BCUT2D eigenvalue weighted by Gasteiger charge is 2.70. The molecule has 7 fully saturated rings. The van der Waals surface area contributed by atoms with E-state index in [9.17, 15) is 61.0 Å². The first-order valence-corrected chi connectivity index (χ1v) is 24.3. The number of carbonyl (C=O) groups is 1. The molecule has 3 heterocycles. The van der Waals surface area contributed by atoms with Gasteiger partial charge in [-0.1, -0.05) is 53.2 Å². The van der Waals surface area contributed by atoms with Gasteiger partial charge in [-0.2, -0.15) is 0 Å². The highest BCUT2D eigenvalue weighted by atomic mass is 16.8. The third-order valence-corrected chi connectivity index (χ3v) is 19.5. The molecule has 66 heavy (non-hydrogen) atoms. The molecule has 3 saturated heterocycles. The Morgan fingerprint density at radius 3 is 2.00 bits per heavy atom. The number of allylic oxidation sites excluding steroid dienone is 2. The van der Waals surface area contributed by atoms with Crippen LogP contribution in [0.2, 0.25) is 0 Å². The molecule has 11 N–H and O–H groups in total. The van der Waals surface area contributed by atoms with E-state index in [4.69, 9.17) is 28.4 Å². The predicted molar refractivity (Wildman–Crippen MR) is 230 cm³/mol. The Balaban J connectivity index is 0.983. The molecule has 8 rings (SSSR count).